The number of carbonyl (C=O) groups excluding carboxylic acids is 2. The number of rotatable bonds is 21. The van der Waals surface area contributed by atoms with Crippen molar-refractivity contribution in [3.05, 3.63) is 12.2 Å². The number of allylic oxidation sites excluding steroid dienone is 2. The van der Waals surface area contributed by atoms with E-state index in [2.05, 4.69) is 19.1 Å². The predicted octanol–water partition coefficient (Wildman–Crippen LogP) is -1.29. The number of hydrogen-bond donors (Lipinski definition) is 0. The smallest absolute Gasteiger partial charge is 0.550 e. The number of carbonyl (C=O) groups is 2. The fraction of sp³-hybridized carbons (Fsp3) is 0.833. The van der Waals surface area contributed by atoms with Crippen molar-refractivity contribution in [2.75, 3.05) is 0 Å². The summed E-state index contributed by atoms with van der Waals surface area (Å²) in [5, 5.41) is 21.3. The second kappa shape index (κ2) is 27.7. The molecule has 0 rings (SSSR count). The topological polar surface area (TPSA) is 80.3 Å². The van der Waals surface area contributed by atoms with Crippen molar-refractivity contribution in [2.24, 2.45) is 5.92 Å². The van der Waals surface area contributed by atoms with Crippen LogP contribution in [0.5, 0.6) is 0 Å². The Morgan fingerprint density at radius 2 is 1.07 bits per heavy atom. The first-order valence-corrected chi connectivity index (χ1v) is 11.6. The molecule has 1 atom stereocenters. The Kier molecular flexibility index (Phi) is 32.6. The average Bonchev–Trinajstić information content (AvgIpc) is 2.65. The van der Waals surface area contributed by atoms with Gasteiger partial charge in [0.2, 0.25) is 0 Å². The zero-order valence-electron chi connectivity index (χ0n) is 20.1. The maximum Gasteiger partial charge on any atom is 1.00 e. The zero-order valence-corrected chi connectivity index (χ0v) is 24.1. The number of hydrogen-bond acceptors (Lipinski definition) is 4. The van der Waals surface area contributed by atoms with E-state index in [-0.39, 0.29) is 59.1 Å². The van der Waals surface area contributed by atoms with Gasteiger partial charge >= 0.3 is 59.1 Å². The molecule has 0 aromatic heterocycles. The van der Waals surface area contributed by atoms with E-state index in [0.717, 1.165) is 19.3 Å². The number of aliphatic carboxylic acids is 2. The van der Waals surface area contributed by atoms with Gasteiger partial charge < -0.3 is 19.8 Å². The Morgan fingerprint density at radius 3 is 1.47 bits per heavy atom. The van der Waals surface area contributed by atoms with Gasteiger partial charge in [-0.1, -0.05) is 96.1 Å². The van der Waals surface area contributed by atoms with Gasteiger partial charge in [-0.25, -0.2) is 0 Å². The van der Waals surface area contributed by atoms with Crippen molar-refractivity contribution in [3.8, 4) is 0 Å². The molecule has 4 nitrogen and oxygen atoms in total. The Bertz CT molecular complexity index is 414. The fourth-order valence-electron chi connectivity index (χ4n) is 3.50. The van der Waals surface area contributed by atoms with Crippen LogP contribution in [0.15, 0.2) is 12.2 Å². The molecule has 0 aromatic carbocycles. The summed E-state index contributed by atoms with van der Waals surface area (Å²) in [6.45, 7) is 2.24. The molecule has 6 heteroatoms. The quantitative estimate of drug-likeness (QED) is 0.126. The summed E-state index contributed by atoms with van der Waals surface area (Å²) in [7, 11) is 0. The molecule has 0 amide bonds. The molecule has 0 spiro atoms. The van der Waals surface area contributed by atoms with Crippen molar-refractivity contribution < 1.29 is 78.9 Å². The molecule has 0 saturated carbocycles. The van der Waals surface area contributed by atoms with Crippen molar-refractivity contribution in [1.29, 1.82) is 0 Å². The van der Waals surface area contributed by atoms with Crippen LogP contribution in [0.3, 0.4) is 0 Å². The van der Waals surface area contributed by atoms with Crippen LogP contribution >= 0.6 is 0 Å². The second-order valence-electron chi connectivity index (χ2n) is 8.03. The molecule has 0 aliphatic rings. The van der Waals surface area contributed by atoms with Crippen LogP contribution in [-0.4, -0.2) is 11.9 Å². The summed E-state index contributed by atoms with van der Waals surface area (Å²) >= 11 is 0. The number of carboxylic acid groups (broad SMARTS) is 2. The van der Waals surface area contributed by atoms with Gasteiger partial charge in [-0.2, -0.15) is 0 Å². The normalized spacial score (nSPS) is 11.6. The third kappa shape index (κ3) is 26.7. The standard InChI is InChI=1S/C24H44O4.2Na/c1-2-3-4-5-6-7-8-9-10-11-12-13-14-15-16-17-18-19-20-22(24(27)28)21-23(25)26;;/h6-7,22H,2-5,8-21H2,1H3,(H,25,26)(H,27,28);;/q;2*+1/p-2/b7-6+;;. The third-order valence-corrected chi connectivity index (χ3v) is 5.31. The first kappa shape index (κ1) is 35.3. The van der Waals surface area contributed by atoms with Gasteiger partial charge in [-0.05, 0) is 38.5 Å². The molecule has 164 valence electrons. The van der Waals surface area contributed by atoms with Crippen LogP contribution in [-0.2, 0) is 9.59 Å². The molecule has 0 bridgehead atoms. The number of carboxylic acids is 2. The van der Waals surface area contributed by atoms with E-state index in [4.69, 9.17) is 0 Å². The summed E-state index contributed by atoms with van der Waals surface area (Å²) in [5.74, 6) is -3.48. The van der Waals surface area contributed by atoms with E-state index in [0.29, 0.717) is 6.42 Å². The van der Waals surface area contributed by atoms with Crippen LogP contribution in [0, 0.1) is 5.92 Å². The summed E-state index contributed by atoms with van der Waals surface area (Å²) < 4.78 is 0. The molecule has 0 saturated heterocycles. The minimum absolute atomic E-state index is 0. The van der Waals surface area contributed by atoms with E-state index in [9.17, 15) is 19.8 Å². The van der Waals surface area contributed by atoms with E-state index >= 15 is 0 Å². The molecule has 0 aliphatic carbocycles. The van der Waals surface area contributed by atoms with Gasteiger partial charge in [0.05, 0.1) is 0 Å². The van der Waals surface area contributed by atoms with Crippen LogP contribution in [0.25, 0.3) is 0 Å². The number of unbranched alkanes of at least 4 members (excludes halogenated alkanes) is 14. The molecule has 1 unspecified atom stereocenters. The largest absolute Gasteiger partial charge is 1.00 e. The molecule has 30 heavy (non-hydrogen) atoms. The Hall–Kier alpha value is 0.680. The van der Waals surface area contributed by atoms with E-state index in [1.165, 1.54) is 83.5 Å². The van der Waals surface area contributed by atoms with Crippen LogP contribution in [0.2, 0.25) is 0 Å². The Morgan fingerprint density at radius 1 is 0.667 bits per heavy atom. The molecule has 0 aliphatic heterocycles. The third-order valence-electron chi connectivity index (χ3n) is 5.31. The minimum atomic E-state index is -1.31. The van der Waals surface area contributed by atoms with E-state index < -0.39 is 24.3 Å². The molecular formula is C24H42Na2O4. The van der Waals surface area contributed by atoms with Crippen LogP contribution in [0.4, 0.5) is 0 Å². The Labute approximate surface area is 229 Å². The van der Waals surface area contributed by atoms with E-state index in [1.807, 2.05) is 0 Å². The van der Waals surface area contributed by atoms with Gasteiger partial charge in [-0.15, -0.1) is 0 Å². The molecule has 0 N–H and O–H groups in total. The summed E-state index contributed by atoms with van der Waals surface area (Å²) in [6, 6.07) is 0. The van der Waals surface area contributed by atoms with E-state index in [1.54, 1.807) is 0 Å². The first-order valence-electron chi connectivity index (χ1n) is 11.6. The Balaban J connectivity index is -0.00000364. The molecule has 0 heterocycles. The zero-order chi connectivity index (χ0) is 20.9. The van der Waals surface area contributed by atoms with Crippen LogP contribution in [0.1, 0.15) is 122 Å². The fourth-order valence-corrected chi connectivity index (χ4v) is 3.50. The maximum atomic E-state index is 10.8. The van der Waals surface area contributed by atoms with Crippen LogP contribution < -0.4 is 69.3 Å². The first-order chi connectivity index (χ1) is 13.6. The minimum Gasteiger partial charge on any atom is -0.550 e. The van der Waals surface area contributed by atoms with Gasteiger partial charge in [-0.3, -0.25) is 0 Å². The van der Waals surface area contributed by atoms with Gasteiger partial charge in [0.15, 0.2) is 0 Å². The second-order valence-corrected chi connectivity index (χ2v) is 8.03. The van der Waals surface area contributed by atoms with Gasteiger partial charge in [0.25, 0.3) is 0 Å². The van der Waals surface area contributed by atoms with Crippen molar-refractivity contribution in [2.45, 2.75) is 122 Å². The predicted molar refractivity (Wildman–Crippen MR) is 111 cm³/mol. The summed E-state index contributed by atoms with van der Waals surface area (Å²) in [6.07, 6.45) is 24.2. The van der Waals surface area contributed by atoms with Gasteiger partial charge in [0, 0.05) is 17.9 Å². The van der Waals surface area contributed by atoms with Gasteiger partial charge in [0.1, 0.15) is 0 Å². The summed E-state index contributed by atoms with van der Waals surface area (Å²) in [5.41, 5.74) is 0. The summed E-state index contributed by atoms with van der Waals surface area (Å²) in [4.78, 5) is 21.3. The monoisotopic (exact) mass is 440 g/mol. The molecule has 0 radical (unpaired) electrons. The molecule has 0 aromatic rings. The van der Waals surface area contributed by atoms with Crippen molar-refractivity contribution in [3.63, 3.8) is 0 Å². The van der Waals surface area contributed by atoms with Crippen molar-refractivity contribution >= 4 is 11.9 Å². The average molecular weight is 441 g/mol. The SMILES string of the molecule is CCCCC/C=C/CCCCCCCCCCCCCC(CC(=O)[O-])C(=O)[O-].[Na+].[Na+]. The van der Waals surface area contributed by atoms with Crippen molar-refractivity contribution in [1.82, 2.24) is 0 Å². The molecule has 0 fully saturated rings. The molecular weight excluding hydrogens is 398 g/mol. The maximum absolute atomic E-state index is 10.8.